The van der Waals surface area contributed by atoms with Crippen LogP contribution in [0.2, 0.25) is 0 Å². The summed E-state index contributed by atoms with van der Waals surface area (Å²) in [5.41, 5.74) is 7.91. The zero-order valence-corrected chi connectivity index (χ0v) is 10.2. The van der Waals surface area contributed by atoms with Crippen molar-refractivity contribution in [3.8, 4) is 0 Å². The van der Waals surface area contributed by atoms with Gasteiger partial charge in [-0.05, 0) is 29.8 Å². The number of hydrogen-bond acceptors (Lipinski definition) is 3. The van der Waals surface area contributed by atoms with Gasteiger partial charge >= 0.3 is 0 Å². The normalized spacial score (nSPS) is 10.1. The first-order valence-corrected chi connectivity index (χ1v) is 5.69. The largest absolute Gasteiger partial charge is 0.326 e. The number of amides is 1. The highest BCUT2D eigenvalue weighted by Crippen LogP contribution is 2.14. The van der Waals surface area contributed by atoms with Gasteiger partial charge in [0.15, 0.2) is 0 Å². The standard InChI is InChI=1S/C14H15N3O/c1-17(13-6-3-7-16-10-13)14(18)12-5-2-4-11(8-12)9-15/h2-8,10H,9,15H2,1H3. The van der Waals surface area contributed by atoms with Gasteiger partial charge < -0.3 is 10.6 Å². The molecular formula is C14H15N3O. The zero-order valence-electron chi connectivity index (χ0n) is 10.2. The van der Waals surface area contributed by atoms with Crippen LogP contribution in [0.5, 0.6) is 0 Å². The second kappa shape index (κ2) is 5.42. The average molecular weight is 241 g/mol. The Morgan fingerprint density at radius 3 is 2.83 bits per heavy atom. The Kier molecular flexibility index (Phi) is 3.69. The Balaban J connectivity index is 2.25. The van der Waals surface area contributed by atoms with Gasteiger partial charge in [-0.1, -0.05) is 12.1 Å². The third kappa shape index (κ3) is 2.55. The zero-order chi connectivity index (χ0) is 13.0. The Morgan fingerprint density at radius 2 is 2.17 bits per heavy atom. The summed E-state index contributed by atoms with van der Waals surface area (Å²) in [4.78, 5) is 17.8. The van der Waals surface area contributed by atoms with E-state index < -0.39 is 0 Å². The van der Waals surface area contributed by atoms with Gasteiger partial charge in [0.05, 0.1) is 11.9 Å². The lowest BCUT2D eigenvalue weighted by Crippen LogP contribution is -2.26. The molecule has 1 aromatic heterocycles. The Hall–Kier alpha value is -2.20. The van der Waals surface area contributed by atoms with E-state index in [0.717, 1.165) is 11.3 Å². The van der Waals surface area contributed by atoms with Gasteiger partial charge in [-0.2, -0.15) is 0 Å². The van der Waals surface area contributed by atoms with Gasteiger partial charge in [0.1, 0.15) is 0 Å². The summed E-state index contributed by atoms with van der Waals surface area (Å²) >= 11 is 0. The summed E-state index contributed by atoms with van der Waals surface area (Å²) in [7, 11) is 1.73. The predicted molar refractivity (Wildman–Crippen MR) is 71.3 cm³/mol. The molecule has 0 spiro atoms. The van der Waals surface area contributed by atoms with E-state index in [1.54, 1.807) is 36.5 Å². The van der Waals surface area contributed by atoms with Crippen molar-refractivity contribution >= 4 is 11.6 Å². The molecule has 1 amide bonds. The molecule has 0 aliphatic carbocycles. The number of pyridine rings is 1. The van der Waals surface area contributed by atoms with Crippen molar-refractivity contribution in [1.82, 2.24) is 4.98 Å². The lowest BCUT2D eigenvalue weighted by atomic mass is 10.1. The number of benzene rings is 1. The highest BCUT2D eigenvalue weighted by molar-refractivity contribution is 6.05. The van der Waals surface area contributed by atoms with E-state index in [1.807, 2.05) is 24.3 Å². The van der Waals surface area contributed by atoms with Gasteiger partial charge in [0.2, 0.25) is 0 Å². The summed E-state index contributed by atoms with van der Waals surface area (Å²) in [6, 6.07) is 11.0. The summed E-state index contributed by atoms with van der Waals surface area (Å²) in [5, 5.41) is 0. The molecule has 92 valence electrons. The van der Waals surface area contributed by atoms with E-state index in [-0.39, 0.29) is 5.91 Å². The van der Waals surface area contributed by atoms with E-state index in [9.17, 15) is 4.79 Å². The van der Waals surface area contributed by atoms with Crippen LogP contribution in [0.4, 0.5) is 5.69 Å². The fraction of sp³-hybridized carbons (Fsp3) is 0.143. The molecule has 0 radical (unpaired) electrons. The first kappa shape index (κ1) is 12.3. The summed E-state index contributed by atoms with van der Waals surface area (Å²) < 4.78 is 0. The van der Waals surface area contributed by atoms with Crippen LogP contribution in [-0.2, 0) is 6.54 Å². The molecule has 2 rings (SSSR count). The average Bonchev–Trinajstić information content (AvgIpc) is 2.46. The predicted octanol–water partition coefficient (Wildman–Crippen LogP) is 1.82. The lowest BCUT2D eigenvalue weighted by molar-refractivity contribution is 0.0993. The maximum absolute atomic E-state index is 12.3. The van der Waals surface area contributed by atoms with E-state index in [0.29, 0.717) is 12.1 Å². The molecule has 0 aliphatic rings. The van der Waals surface area contributed by atoms with Crippen molar-refractivity contribution in [2.75, 3.05) is 11.9 Å². The molecule has 2 N–H and O–H groups in total. The maximum Gasteiger partial charge on any atom is 0.258 e. The Labute approximate surface area is 106 Å². The third-order valence-corrected chi connectivity index (χ3v) is 2.75. The van der Waals surface area contributed by atoms with Crippen molar-refractivity contribution < 1.29 is 4.79 Å². The van der Waals surface area contributed by atoms with Gasteiger partial charge in [0, 0.05) is 25.4 Å². The number of aromatic nitrogens is 1. The molecule has 0 bridgehead atoms. The number of carbonyl (C=O) groups is 1. The molecule has 0 atom stereocenters. The van der Waals surface area contributed by atoms with Gasteiger partial charge in [0.25, 0.3) is 5.91 Å². The van der Waals surface area contributed by atoms with Crippen molar-refractivity contribution in [2.45, 2.75) is 6.54 Å². The molecule has 4 nitrogen and oxygen atoms in total. The first-order valence-electron chi connectivity index (χ1n) is 5.69. The fourth-order valence-corrected chi connectivity index (χ4v) is 1.69. The fourth-order valence-electron chi connectivity index (χ4n) is 1.69. The molecule has 1 heterocycles. The van der Waals surface area contributed by atoms with E-state index in [2.05, 4.69) is 4.98 Å². The topological polar surface area (TPSA) is 59.2 Å². The van der Waals surface area contributed by atoms with E-state index in [4.69, 9.17) is 5.73 Å². The monoisotopic (exact) mass is 241 g/mol. The summed E-state index contributed by atoms with van der Waals surface area (Å²) in [6.45, 7) is 0.428. The molecule has 0 fully saturated rings. The number of nitrogens with two attached hydrogens (primary N) is 1. The molecule has 0 saturated carbocycles. The van der Waals surface area contributed by atoms with Crippen LogP contribution in [0, 0.1) is 0 Å². The highest BCUT2D eigenvalue weighted by atomic mass is 16.2. The smallest absolute Gasteiger partial charge is 0.258 e. The molecule has 0 saturated heterocycles. The van der Waals surface area contributed by atoms with Crippen LogP contribution in [0.1, 0.15) is 15.9 Å². The molecule has 0 unspecified atom stereocenters. The second-order valence-corrected chi connectivity index (χ2v) is 3.98. The summed E-state index contributed by atoms with van der Waals surface area (Å²) in [5.74, 6) is -0.0710. The van der Waals surface area contributed by atoms with E-state index in [1.165, 1.54) is 0 Å². The SMILES string of the molecule is CN(C(=O)c1cccc(CN)c1)c1cccnc1. The van der Waals surface area contributed by atoms with Gasteiger partial charge in [-0.25, -0.2) is 0 Å². The molecule has 18 heavy (non-hydrogen) atoms. The number of hydrogen-bond donors (Lipinski definition) is 1. The number of anilines is 1. The minimum absolute atomic E-state index is 0.0710. The van der Waals surface area contributed by atoms with Crippen LogP contribution < -0.4 is 10.6 Å². The molecular weight excluding hydrogens is 226 g/mol. The van der Waals surface area contributed by atoms with Crippen molar-refractivity contribution in [2.24, 2.45) is 5.73 Å². The summed E-state index contributed by atoms with van der Waals surface area (Å²) in [6.07, 6.45) is 3.33. The lowest BCUT2D eigenvalue weighted by Gasteiger charge is -2.17. The molecule has 4 heteroatoms. The molecule has 0 aliphatic heterocycles. The Bertz CT molecular complexity index is 540. The van der Waals surface area contributed by atoms with Crippen LogP contribution in [0.3, 0.4) is 0 Å². The first-order chi connectivity index (χ1) is 8.72. The second-order valence-electron chi connectivity index (χ2n) is 3.98. The van der Waals surface area contributed by atoms with Crippen molar-refractivity contribution in [3.63, 3.8) is 0 Å². The number of nitrogens with zero attached hydrogens (tertiary/aromatic N) is 2. The van der Waals surface area contributed by atoms with Crippen LogP contribution >= 0.6 is 0 Å². The highest BCUT2D eigenvalue weighted by Gasteiger charge is 2.13. The minimum atomic E-state index is -0.0710. The maximum atomic E-state index is 12.3. The molecule has 1 aromatic carbocycles. The van der Waals surface area contributed by atoms with Crippen LogP contribution in [0.15, 0.2) is 48.8 Å². The van der Waals surface area contributed by atoms with Gasteiger partial charge in [-0.15, -0.1) is 0 Å². The quantitative estimate of drug-likeness (QED) is 0.891. The Morgan fingerprint density at radius 1 is 1.33 bits per heavy atom. The van der Waals surface area contributed by atoms with E-state index >= 15 is 0 Å². The van der Waals surface area contributed by atoms with Crippen LogP contribution in [-0.4, -0.2) is 17.9 Å². The number of carbonyl (C=O) groups excluding carboxylic acids is 1. The van der Waals surface area contributed by atoms with Crippen molar-refractivity contribution in [1.29, 1.82) is 0 Å². The number of rotatable bonds is 3. The minimum Gasteiger partial charge on any atom is -0.326 e. The van der Waals surface area contributed by atoms with Gasteiger partial charge in [-0.3, -0.25) is 9.78 Å². The van der Waals surface area contributed by atoms with Crippen LogP contribution in [0.25, 0.3) is 0 Å². The third-order valence-electron chi connectivity index (χ3n) is 2.75. The molecule has 2 aromatic rings. The van der Waals surface area contributed by atoms with Crippen molar-refractivity contribution in [3.05, 3.63) is 59.9 Å².